The van der Waals surface area contributed by atoms with Crippen LogP contribution in [-0.2, 0) is 14.3 Å². The van der Waals surface area contributed by atoms with Crippen molar-refractivity contribution in [1.29, 1.82) is 0 Å². The minimum absolute atomic E-state index is 0.0191. The van der Waals surface area contributed by atoms with Gasteiger partial charge in [-0.3, -0.25) is 4.79 Å². The number of fused-ring (bicyclic) bond motifs is 1. The summed E-state index contributed by atoms with van der Waals surface area (Å²) in [7, 11) is 0. The van der Waals surface area contributed by atoms with Crippen LogP contribution in [0, 0.1) is 0 Å². The van der Waals surface area contributed by atoms with Crippen molar-refractivity contribution in [1.82, 2.24) is 9.88 Å². The number of amides is 1. The highest BCUT2D eigenvalue weighted by Crippen LogP contribution is 2.20. The maximum Gasteiger partial charge on any atom is 0.338 e. The Labute approximate surface area is 144 Å². The van der Waals surface area contributed by atoms with Crippen molar-refractivity contribution in [2.75, 3.05) is 13.1 Å². The molecule has 128 valence electrons. The second kappa shape index (κ2) is 6.86. The molecule has 1 aromatic heterocycles. The molecule has 1 fully saturated rings. The molecule has 24 heavy (non-hydrogen) atoms. The molecular weight excluding hydrogens is 328 g/mol. The maximum atomic E-state index is 12.5. The van der Waals surface area contributed by atoms with Crippen LogP contribution in [0.4, 0.5) is 0 Å². The fourth-order valence-electron chi connectivity index (χ4n) is 2.88. The number of hydrogen-bond donors (Lipinski definition) is 0. The van der Waals surface area contributed by atoms with Crippen molar-refractivity contribution in [3.63, 3.8) is 0 Å². The van der Waals surface area contributed by atoms with Gasteiger partial charge >= 0.3 is 5.97 Å². The number of aromatic nitrogens is 1. The fraction of sp³-hybridized carbons (Fsp3) is 0.471. The zero-order chi connectivity index (χ0) is 17.3. The van der Waals surface area contributed by atoms with E-state index in [4.69, 9.17) is 9.47 Å². The van der Waals surface area contributed by atoms with E-state index >= 15 is 0 Å². The van der Waals surface area contributed by atoms with Crippen LogP contribution >= 0.6 is 11.3 Å². The third kappa shape index (κ3) is 3.57. The molecule has 7 heteroatoms. The Morgan fingerprint density at radius 1 is 1.33 bits per heavy atom. The average Bonchev–Trinajstić information content (AvgIpc) is 3.00. The van der Waals surface area contributed by atoms with Gasteiger partial charge in [-0.2, -0.15) is 0 Å². The number of esters is 1. The van der Waals surface area contributed by atoms with E-state index in [1.807, 2.05) is 13.8 Å². The number of nitrogens with zero attached hydrogens (tertiary/aromatic N) is 2. The minimum atomic E-state index is -0.827. The molecule has 0 spiro atoms. The average molecular weight is 348 g/mol. The molecule has 0 unspecified atom stereocenters. The van der Waals surface area contributed by atoms with Crippen molar-refractivity contribution in [3.05, 3.63) is 29.3 Å². The number of ether oxygens (including phenoxy) is 2. The number of rotatable bonds is 3. The summed E-state index contributed by atoms with van der Waals surface area (Å²) in [5, 5.41) is 0. The van der Waals surface area contributed by atoms with E-state index in [0.717, 1.165) is 10.2 Å². The van der Waals surface area contributed by atoms with Crippen LogP contribution in [-0.4, -0.2) is 53.2 Å². The molecule has 1 aromatic carbocycles. The molecule has 1 amide bonds. The zero-order valence-electron chi connectivity index (χ0n) is 13.9. The molecule has 6 nitrogen and oxygen atoms in total. The standard InChI is InChI=1S/C17H20N2O4S/c1-10-7-19(8-11(2)22-10)16(20)12(3)23-17(21)13-4-5-14-15(6-13)24-9-18-14/h4-6,9-12H,7-8H2,1-3H3/t10-,11+,12-/m0/s1. The maximum absolute atomic E-state index is 12.5. The number of morpholine rings is 1. The predicted octanol–water partition coefficient (Wildman–Crippen LogP) is 2.48. The topological polar surface area (TPSA) is 68.7 Å². The molecule has 0 bridgehead atoms. The normalized spacial score (nSPS) is 22.4. The highest BCUT2D eigenvalue weighted by molar-refractivity contribution is 7.16. The van der Waals surface area contributed by atoms with Crippen LogP contribution in [0.2, 0.25) is 0 Å². The van der Waals surface area contributed by atoms with Crippen LogP contribution in [0.1, 0.15) is 31.1 Å². The highest BCUT2D eigenvalue weighted by Gasteiger charge is 2.30. The molecule has 0 saturated carbocycles. The Balaban J connectivity index is 1.65. The van der Waals surface area contributed by atoms with Gasteiger partial charge in [-0.05, 0) is 39.0 Å². The van der Waals surface area contributed by atoms with E-state index in [-0.39, 0.29) is 18.1 Å². The molecule has 0 N–H and O–H groups in total. The van der Waals surface area contributed by atoms with E-state index in [1.165, 1.54) is 11.3 Å². The molecule has 1 aliphatic rings. The molecular formula is C17H20N2O4S. The molecule has 0 aliphatic carbocycles. The van der Waals surface area contributed by atoms with E-state index in [9.17, 15) is 9.59 Å². The van der Waals surface area contributed by atoms with Crippen LogP contribution < -0.4 is 0 Å². The van der Waals surface area contributed by atoms with Crippen molar-refractivity contribution in [2.24, 2.45) is 0 Å². The molecule has 2 aromatic rings. The second-order valence-corrected chi connectivity index (χ2v) is 6.97. The lowest BCUT2D eigenvalue weighted by atomic mass is 10.2. The highest BCUT2D eigenvalue weighted by atomic mass is 32.1. The first-order valence-corrected chi connectivity index (χ1v) is 8.80. The number of carbonyl (C=O) groups excluding carboxylic acids is 2. The van der Waals surface area contributed by atoms with Gasteiger partial charge in [-0.15, -0.1) is 11.3 Å². The lowest BCUT2D eigenvalue weighted by Crippen LogP contribution is -2.51. The quantitative estimate of drug-likeness (QED) is 0.797. The van der Waals surface area contributed by atoms with Crippen LogP contribution in [0.15, 0.2) is 23.7 Å². The van der Waals surface area contributed by atoms with Gasteiger partial charge in [-0.25, -0.2) is 9.78 Å². The van der Waals surface area contributed by atoms with Gasteiger partial charge in [0.1, 0.15) is 0 Å². The van der Waals surface area contributed by atoms with E-state index in [2.05, 4.69) is 4.98 Å². The zero-order valence-corrected chi connectivity index (χ0v) is 14.7. The van der Waals surface area contributed by atoms with Gasteiger partial charge < -0.3 is 14.4 Å². The fourth-order valence-corrected chi connectivity index (χ4v) is 3.59. The van der Waals surface area contributed by atoms with Gasteiger partial charge in [0, 0.05) is 13.1 Å². The SMILES string of the molecule is C[C@@H]1CN(C(=O)[C@H](C)OC(=O)c2ccc3ncsc3c2)C[C@H](C)O1. The van der Waals surface area contributed by atoms with Gasteiger partial charge in [0.25, 0.3) is 5.91 Å². The largest absolute Gasteiger partial charge is 0.449 e. The van der Waals surface area contributed by atoms with Gasteiger partial charge in [0.2, 0.25) is 0 Å². The smallest absolute Gasteiger partial charge is 0.338 e. The van der Waals surface area contributed by atoms with Crippen LogP contribution in [0.3, 0.4) is 0 Å². The minimum Gasteiger partial charge on any atom is -0.449 e. The first-order valence-electron chi connectivity index (χ1n) is 7.92. The number of thiazole rings is 1. The summed E-state index contributed by atoms with van der Waals surface area (Å²) in [6.07, 6.45) is -0.865. The second-order valence-electron chi connectivity index (χ2n) is 6.08. The van der Waals surface area contributed by atoms with Gasteiger partial charge in [0.05, 0.1) is 33.5 Å². The Bertz CT molecular complexity index is 750. The summed E-state index contributed by atoms with van der Waals surface area (Å²) < 4.78 is 11.9. The Morgan fingerprint density at radius 3 is 2.75 bits per heavy atom. The lowest BCUT2D eigenvalue weighted by Gasteiger charge is -2.36. The summed E-state index contributed by atoms with van der Waals surface area (Å²) in [5.74, 6) is -0.690. The number of carbonyl (C=O) groups is 2. The van der Waals surface area contributed by atoms with Gasteiger partial charge in [0.15, 0.2) is 6.10 Å². The van der Waals surface area contributed by atoms with Crippen LogP contribution in [0.25, 0.3) is 10.2 Å². The van der Waals surface area contributed by atoms with E-state index < -0.39 is 12.1 Å². The summed E-state index contributed by atoms with van der Waals surface area (Å²) in [4.78, 5) is 30.7. The monoisotopic (exact) mass is 348 g/mol. The molecule has 1 saturated heterocycles. The van der Waals surface area contributed by atoms with Crippen LogP contribution in [0.5, 0.6) is 0 Å². The Kier molecular flexibility index (Phi) is 4.82. The Morgan fingerprint density at radius 2 is 2.04 bits per heavy atom. The predicted molar refractivity (Wildman–Crippen MR) is 91.1 cm³/mol. The molecule has 3 atom stereocenters. The summed E-state index contributed by atoms with van der Waals surface area (Å²) in [6, 6.07) is 5.19. The summed E-state index contributed by atoms with van der Waals surface area (Å²) in [5.41, 5.74) is 3.00. The summed E-state index contributed by atoms with van der Waals surface area (Å²) >= 11 is 1.46. The van der Waals surface area contributed by atoms with E-state index in [1.54, 1.807) is 35.5 Å². The summed E-state index contributed by atoms with van der Waals surface area (Å²) in [6.45, 7) is 6.49. The number of benzene rings is 1. The number of hydrogen-bond acceptors (Lipinski definition) is 6. The first kappa shape index (κ1) is 16.9. The molecule has 2 heterocycles. The Hall–Kier alpha value is -1.99. The molecule has 0 radical (unpaired) electrons. The lowest BCUT2D eigenvalue weighted by molar-refractivity contribution is -0.151. The third-order valence-corrected chi connectivity index (χ3v) is 4.72. The first-order chi connectivity index (χ1) is 11.4. The molecule has 1 aliphatic heterocycles. The van der Waals surface area contributed by atoms with Gasteiger partial charge in [-0.1, -0.05) is 0 Å². The van der Waals surface area contributed by atoms with E-state index in [0.29, 0.717) is 18.7 Å². The third-order valence-electron chi connectivity index (χ3n) is 3.93. The molecule has 3 rings (SSSR count). The van der Waals surface area contributed by atoms with Crippen molar-refractivity contribution in [3.8, 4) is 0 Å². The van der Waals surface area contributed by atoms with Crippen molar-refractivity contribution >= 4 is 33.4 Å². The van der Waals surface area contributed by atoms with Crippen molar-refractivity contribution < 1.29 is 19.1 Å². The van der Waals surface area contributed by atoms with Crippen molar-refractivity contribution in [2.45, 2.75) is 39.1 Å².